The van der Waals surface area contributed by atoms with Crippen molar-refractivity contribution in [3.05, 3.63) is 45.1 Å². The number of hydrogen-bond donors (Lipinski definition) is 0. The van der Waals surface area contributed by atoms with E-state index < -0.39 is 5.97 Å². The van der Waals surface area contributed by atoms with Crippen molar-refractivity contribution >= 4 is 33.5 Å². The van der Waals surface area contributed by atoms with Gasteiger partial charge in [0.25, 0.3) is 0 Å². The molecule has 0 fully saturated rings. The maximum atomic E-state index is 11.4. The highest BCUT2D eigenvalue weighted by Gasteiger charge is 2.11. The third-order valence-corrected chi connectivity index (χ3v) is 3.69. The number of methoxy groups -OCH3 is 1. The standard InChI is InChI=1S/C12H10BrClN2O2/c1-7-3-9(13)10(14)4-11(7)16-6-8(5-15-16)12(17)18-2/h3-6H,1-2H3. The minimum Gasteiger partial charge on any atom is -0.465 e. The molecule has 0 radical (unpaired) electrons. The lowest BCUT2D eigenvalue weighted by Crippen LogP contribution is -2.00. The van der Waals surface area contributed by atoms with Gasteiger partial charge in [0, 0.05) is 10.7 Å². The minimum atomic E-state index is -0.415. The van der Waals surface area contributed by atoms with Gasteiger partial charge < -0.3 is 4.74 Å². The summed E-state index contributed by atoms with van der Waals surface area (Å²) in [5, 5.41) is 4.72. The Morgan fingerprint density at radius 2 is 2.22 bits per heavy atom. The smallest absolute Gasteiger partial charge is 0.341 e. The van der Waals surface area contributed by atoms with E-state index in [0.29, 0.717) is 10.6 Å². The summed E-state index contributed by atoms with van der Waals surface area (Å²) in [7, 11) is 1.33. The van der Waals surface area contributed by atoms with Crippen molar-refractivity contribution < 1.29 is 9.53 Å². The number of aryl methyl sites for hydroxylation is 1. The van der Waals surface area contributed by atoms with Crippen LogP contribution in [-0.4, -0.2) is 22.9 Å². The highest BCUT2D eigenvalue weighted by atomic mass is 79.9. The van der Waals surface area contributed by atoms with Crippen LogP contribution in [0.25, 0.3) is 5.69 Å². The molecule has 0 atom stereocenters. The van der Waals surface area contributed by atoms with Crippen molar-refractivity contribution in [1.82, 2.24) is 9.78 Å². The fourth-order valence-electron chi connectivity index (χ4n) is 1.56. The molecule has 2 aromatic rings. The van der Waals surface area contributed by atoms with Crippen LogP contribution >= 0.6 is 27.5 Å². The highest BCUT2D eigenvalue weighted by molar-refractivity contribution is 9.10. The van der Waals surface area contributed by atoms with E-state index in [1.807, 2.05) is 13.0 Å². The summed E-state index contributed by atoms with van der Waals surface area (Å²) in [5.41, 5.74) is 2.21. The van der Waals surface area contributed by atoms with Crippen molar-refractivity contribution in [1.29, 1.82) is 0 Å². The molecule has 0 amide bonds. The number of ether oxygens (including phenoxy) is 1. The van der Waals surface area contributed by atoms with Gasteiger partial charge in [0.2, 0.25) is 0 Å². The molecule has 0 bridgehead atoms. The first-order chi connectivity index (χ1) is 8.52. The monoisotopic (exact) mass is 328 g/mol. The molecule has 1 heterocycles. The van der Waals surface area contributed by atoms with Gasteiger partial charge >= 0.3 is 5.97 Å². The molecule has 6 heteroatoms. The van der Waals surface area contributed by atoms with Crippen molar-refractivity contribution in [2.24, 2.45) is 0 Å². The second-order valence-corrected chi connectivity index (χ2v) is 4.98. The van der Waals surface area contributed by atoms with Gasteiger partial charge in [0.15, 0.2) is 0 Å². The first-order valence-corrected chi connectivity index (χ1v) is 6.29. The van der Waals surface area contributed by atoms with E-state index in [1.54, 1.807) is 16.9 Å². The third kappa shape index (κ3) is 2.42. The molecule has 1 aromatic heterocycles. The van der Waals surface area contributed by atoms with Crippen molar-refractivity contribution in [2.45, 2.75) is 6.92 Å². The number of esters is 1. The van der Waals surface area contributed by atoms with Gasteiger partial charge in [-0.25, -0.2) is 9.48 Å². The van der Waals surface area contributed by atoms with Crippen LogP contribution in [0.3, 0.4) is 0 Å². The number of rotatable bonds is 2. The predicted octanol–water partition coefficient (Wildman–Crippen LogP) is 3.38. The van der Waals surface area contributed by atoms with E-state index in [2.05, 4.69) is 25.8 Å². The molecule has 0 N–H and O–H groups in total. The van der Waals surface area contributed by atoms with Crippen molar-refractivity contribution in [2.75, 3.05) is 7.11 Å². The number of hydrogen-bond acceptors (Lipinski definition) is 3. The van der Waals surface area contributed by atoms with Gasteiger partial charge in [-0.1, -0.05) is 11.6 Å². The highest BCUT2D eigenvalue weighted by Crippen LogP contribution is 2.27. The van der Waals surface area contributed by atoms with Gasteiger partial charge in [-0.05, 0) is 40.5 Å². The average molecular weight is 330 g/mol. The predicted molar refractivity (Wildman–Crippen MR) is 72.4 cm³/mol. The second kappa shape index (κ2) is 5.12. The largest absolute Gasteiger partial charge is 0.465 e. The maximum Gasteiger partial charge on any atom is 0.341 e. The Morgan fingerprint density at radius 3 is 2.89 bits per heavy atom. The van der Waals surface area contributed by atoms with Crippen LogP contribution in [-0.2, 0) is 4.74 Å². The van der Waals surface area contributed by atoms with E-state index in [4.69, 9.17) is 11.6 Å². The summed E-state index contributed by atoms with van der Waals surface area (Å²) < 4.78 is 7.05. The molecule has 0 aliphatic heterocycles. The summed E-state index contributed by atoms with van der Waals surface area (Å²) in [6, 6.07) is 3.69. The van der Waals surface area contributed by atoms with Crippen LogP contribution in [0.4, 0.5) is 0 Å². The van der Waals surface area contributed by atoms with E-state index in [0.717, 1.165) is 15.7 Å². The quantitative estimate of drug-likeness (QED) is 0.793. The number of halogens is 2. The van der Waals surface area contributed by atoms with Gasteiger partial charge in [-0.15, -0.1) is 0 Å². The van der Waals surface area contributed by atoms with E-state index >= 15 is 0 Å². The Bertz CT molecular complexity index is 610. The third-order valence-electron chi connectivity index (χ3n) is 2.49. The maximum absolute atomic E-state index is 11.4. The molecule has 18 heavy (non-hydrogen) atoms. The lowest BCUT2D eigenvalue weighted by atomic mass is 10.2. The molecule has 4 nitrogen and oxygen atoms in total. The molecule has 1 aromatic carbocycles. The number of benzene rings is 1. The van der Waals surface area contributed by atoms with E-state index in [-0.39, 0.29) is 0 Å². The Morgan fingerprint density at radius 1 is 1.50 bits per heavy atom. The molecular weight excluding hydrogens is 320 g/mol. The summed E-state index contributed by atoms with van der Waals surface area (Å²) in [6.07, 6.45) is 3.07. The van der Waals surface area contributed by atoms with Gasteiger partial charge in [-0.2, -0.15) is 5.10 Å². The molecule has 0 aliphatic rings. The summed E-state index contributed by atoms with van der Waals surface area (Å²) >= 11 is 9.41. The molecule has 0 spiro atoms. The fourth-order valence-corrected chi connectivity index (χ4v) is 2.18. The number of carbonyl (C=O) groups excluding carboxylic acids is 1. The van der Waals surface area contributed by atoms with Gasteiger partial charge in [0.05, 0.1) is 29.6 Å². The van der Waals surface area contributed by atoms with Crippen LogP contribution in [0.5, 0.6) is 0 Å². The molecule has 94 valence electrons. The Labute approximate surface area is 118 Å². The molecule has 0 unspecified atom stereocenters. The first-order valence-electron chi connectivity index (χ1n) is 5.12. The lowest BCUT2D eigenvalue weighted by Gasteiger charge is -2.07. The minimum absolute atomic E-state index is 0.399. The zero-order valence-electron chi connectivity index (χ0n) is 9.78. The van der Waals surface area contributed by atoms with Crippen LogP contribution in [0.1, 0.15) is 15.9 Å². The fraction of sp³-hybridized carbons (Fsp3) is 0.167. The molecule has 0 aliphatic carbocycles. The van der Waals surface area contributed by atoms with Crippen LogP contribution in [0, 0.1) is 6.92 Å². The second-order valence-electron chi connectivity index (χ2n) is 3.72. The number of aromatic nitrogens is 2. The molecule has 2 rings (SSSR count). The Balaban J connectivity index is 2.46. The number of nitrogens with zero attached hydrogens (tertiary/aromatic N) is 2. The summed E-state index contributed by atoms with van der Waals surface area (Å²) in [6.45, 7) is 1.94. The normalized spacial score (nSPS) is 10.4. The average Bonchev–Trinajstić information content (AvgIpc) is 2.82. The van der Waals surface area contributed by atoms with Crippen molar-refractivity contribution in [3.63, 3.8) is 0 Å². The SMILES string of the molecule is COC(=O)c1cnn(-c2cc(Cl)c(Br)cc2C)c1. The Kier molecular flexibility index (Phi) is 3.73. The Hall–Kier alpha value is -1.33. The van der Waals surface area contributed by atoms with Gasteiger partial charge in [0.1, 0.15) is 0 Å². The van der Waals surface area contributed by atoms with Crippen LogP contribution < -0.4 is 0 Å². The molecule has 0 saturated heterocycles. The van der Waals surface area contributed by atoms with Crippen LogP contribution in [0.15, 0.2) is 29.0 Å². The zero-order valence-corrected chi connectivity index (χ0v) is 12.1. The zero-order chi connectivity index (χ0) is 13.3. The van der Waals surface area contributed by atoms with Gasteiger partial charge in [-0.3, -0.25) is 0 Å². The van der Waals surface area contributed by atoms with E-state index in [1.165, 1.54) is 13.3 Å². The van der Waals surface area contributed by atoms with Crippen LogP contribution in [0.2, 0.25) is 5.02 Å². The van der Waals surface area contributed by atoms with E-state index in [9.17, 15) is 4.79 Å². The van der Waals surface area contributed by atoms with Crippen molar-refractivity contribution in [3.8, 4) is 5.69 Å². The molecular formula is C12H10BrClN2O2. The summed E-state index contributed by atoms with van der Waals surface area (Å²) in [4.78, 5) is 11.4. The topological polar surface area (TPSA) is 44.1 Å². The molecule has 0 saturated carbocycles. The lowest BCUT2D eigenvalue weighted by molar-refractivity contribution is 0.0600. The first kappa shape index (κ1) is 13.1. The number of carbonyl (C=O) groups is 1. The summed E-state index contributed by atoms with van der Waals surface area (Å²) in [5.74, 6) is -0.415.